The number of hydrogen-bond acceptors (Lipinski definition) is 6. The van der Waals surface area contributed by atoms with Crippen LogP contribution in [0.5, 0.6) is 5.75 Å². The van der Waals surface area contributed by atoms with E-state index in [0.717, 1.165) is 35.5 Å². The van der Waals surface area contributed by atoms with Crippen LogP contribution in [0.15, 0.2) is 42.6 Å². The lowest BCUT2D eigenvalue weighted by molar-refractivity contribution is -0.130. The van der Waals surface area contributed by atoms with Crippen molar-refractivity contribution < 1.29 is 9.53 Å². The molecule has 3 rings (SSSR count). The van der Waals surface area contributed by atoms with Crippen LogP contribution in [0.25, 0.3) is 11.1 Å². The fraction of sp³-hybridized carbons (Fsp3) is 0.381. The summed E-state index contributed by atoms with van der Waals surface area (Å²) in [6.45, 7) is 2.23. The second-order valence-electron chi connectivity index (χ2n) is 6.64. The summed E-state index contributed by atoms with van der Waals surface area (Å²) in [6.07, 6.45) is 3.52. The Bertz CT molecular complexity index is 814. The Labute approximate surface area is 165 Å². The molecule has 0 radical (unpaired) electrons. The van der Waals surface area contributed by atoms with Gasteiger partial charge in [-0.25, -0.2) is 4.98 Å². The standard InChI is InChI=1S/C21H25N5O2/c1-28-19-7-4-16(5-8-19)17-6-9-20(25-14-17)24-11-10-23-15-21(27)26-12-2-3-18(26)13-22/h4-9,14,18,23H,2-3,10-12,15H2,1H3,(H,24,25). The molecular weight excluding hydrogens is 354 g/mol. The highest BCUT2D eigenvalue weighted by Crippen LogP contribution is 2.22. The van der Waals surface area contributed by atoms with E-state index in [9.17, 15) is 4.79 Å². The van der Waals surface area contributed by atoms with Crippen molar-refractivity contribution in [1.82, 2.24) is 15.2 Å². The molecule has 1 aromatic carbocycles. The van der Waals surface area contributed by atoms with Gasteiger partial charge in [-0.1, -0.05) is 12.1 Å². The minimum absolute atomic E-state index is 0.00832. The normalized spacial score (nSPS) is 15.9. The Hall–Kier alpha value is -3.11. The first-order chi connectivity index (χ1) is 13.7. The molecule has 146 valence electrons. The van der Waals surface area contributed by atoms with Crippen LogP contribution < -0.4 is 15.4 Å². The zero-order valence-electron chi connectivity index (χ0n) is 16.0. The van der Waals surface area contributed by atoms with Crippen molar-refractivity contribution in [3.05, 3.63) is 42.6 Å². The SMILES string of the molecule is COc1ccc(-c2ccc(NCCNCC(=O)N3CCCC3C#N)nc2)cc1. The predicted octanol–water partition coefficient (Wildman–Crippen LogP) is 2.27. The molecule has 0 aliphatic carbocycles. The smallest absolute Gasteiger partial charge is 0.237 e. The molecule has 2 heterocycles. The Balaban J connectivity index is 1.39. The molecule has 7 heteroatoms. The van der Waals surface area contributed by atoms with E-state index in [0.29, 0.717) is 19.6 Å². The van der Waals surface area contributed by atoms with Crippen molar-refractivity contribution in [2.45, 2.75) is 18.9 Å². The van der Waals surface area contributed by atoms with E-state index >= 15 is 0 Å². The van der Waals surface area contributed by atoms with Crippen LogP contribution in [0.1, 0.15) is 12.8 Å². The Kier molecular flexibility index (Phi) is 6.82. The van der Waals surface area contributed by atoms with Gasteiger partial charge in [-0.2, -0.15) is 5.26 Å². The Morgan fingerprint density at radius 3 is 2.71 bits per heavy atom. The van der Waals surface area contributed by atoms with E-state index in [4.69, 9.17) is 10.00 Å². The second-order valence-corrected chi connectivity index (χ2v) is 6.64. The molecule has 0 spiro atoms. The number of nitrogens with one attached hydrogen (secondary N) is 2. The van der Waals surface area contributed by atoms with Gasteiger partial charge in [0.15, 0.2) is 0 Å². The van der Waals surface area contributed by atoms with Crippen molar-refractivity contribution in [3.8, 4) is 22.9 Å². The number of likely N-dealkylation sites (tertiary alicyclic amines) is 1. The number of amides is 1. The summed E-state index contributed by atoms with van der Waals surface area (Å²) in [4.78, 5) is 18.2. The number of pyridine rings is 1. The molecule has 0 bridgehead atoms. The van der Waals surface area contributed by atoms with Crippen molar-refractivity contribution in [1.29, 1.82) is 5.26 Å². The van der Waals surface area contributed by atoms with Crippen LogP contribution in [0.2, 0.25) is 0 Å². The van der Waals surface area contributed by atoms with Gasteiger partial charge in [-0.3, -0.25) is 4.79 Å². The van der Waals surface area contributed by atoms with E-state index in [1.54, 1.807) is 12.0 Å². The third-order valence-corrected chi connectivity index (χ3v) is 4.79. The number of carbonyl (C=O) groups excluding carboxylic acids is 1. The van der Waals surface area contributed by atoms with Gasteiger partial charge in [-0.05, 0) is 42.7 Å². The molecule has 1 amide bonds. The molecule has 2 N–H and O–H groups in total. The molecule has 2 aromatic rings. The van der Waals surface area contributed by atoms with Gasteiger partial charge in [0.25, 0.3) is 0 Å². The molecule has 1 atom stereocenters. The lowest BCUT2D eigenvalue weighted by Crippen LogP contribution is -2.41. The fourth-order valence-electron chi connectivity index (χ4n) is 3.23. The molecule has 1 aliphatic rings. The summed E-state index contributed by atoms with van der Waals surface area (Å²) in [7, 11) is 1.65. The third kappa shape index (κ3) is 4.99. The lowest BCUT2D eigenvalue weighted by Gasteiger charge is -2.19. The lowest BCUT2D eigenvalue weighted by atomic mass is 10.1. The number of benzene rings is 1. The first-order valence-corrected chi connectivity index (χ1v) is 9.45. The Morgan fingerprint density at radius 2 is 2.04 bits per heavy atom. The van der Waals surface area contributed by atoms with Crippen LogP contribution >= 0.6 is 0 Å². The third-order valence-electron chi connectivity index (χ3n) is 4.79. The van der Waals surface area contributed by atoms with Gasteiger partial charge >= 0.3 is 0 Å². The highest BCUT2D eigenvalue weighted by Gasteiger charge is 2.27. The maximum absolute atomic E-state index is 12.1. The first kappa shape index (κ1) is 19.6. The first-order valence-electron chi connectivity index (χ1n) is 9.45. The van der Waals surface area contributed by atoms with Gasteiger partial charge in [-0.15, -0.1) is 0 Å². The van der Waals surface area contributed by atoms with Crippen LogP contribution in [-0.2, 0) is 4.79 Å². The summed E-state index contributed by atoms with van der Waals surface area (Å²) >= 11 is 0. The minimum atomic E-state index is -0.263. The highest BCUT2D eigenvalue weighted by molar-refractivity contribution is 5.79. The van der Waals surface area contributed by atoms with E-state index in [1.165, 1.54) is 0 Å². The van der Waals surface area contributed by atoms with Gasteiger partial charge < -0.3 is 20.3 Å². The summed E-state index contributed by atoms with van der Waals surface area (Å²) in [6, 6.07) is 13.7. The largest absolute Gasteiger partial charge is 0.497 e. The molecule has 1 unspecified atom stereocenters. The molecule has 1 fully saturated rings. The van der Waals surface area contributed by atoms with E-state index in [-0.39, 0.29) is 18.5 Å². The molecule has 7 nitrogen and oxygen atoms in total. The maximum atomic E-state index is 12.1. The second kappa shape index (κ2) is 9.72. The summed E-state index contributed by atoms with van der Waals surface area (Å²) in [5.74, 6) is 1.61. The van der Waals surface area contributed by atoms with Crippen molar-refractivity contribution in [3.63, 3.8) is 0 Å². The van der Waals surface area contributed by atoms with E-state index in [1.807, 2.05) is 42.6 Å². The van der Waals surface area contributed by atoms with Gasteiger partial charge in [0.2, 0.25) is 5.91 Å². The van der Waals surface area contributed by atoms with Crippen LogP contribution in [0.3, 0.4) is 0 Å². The molecule has 1 aliphatic heterocycles. The molecular formula is C21H25N5O2. The molecule has 28 heavy (non-hydrogen) atoms. The number of ether oxygens (including phenoxy) is 1. The maximum Gasteiger partial charge on any atom is 0.237 e. The average Bonchev–Trinajstić information content (AvgIpc) is 3.23. The van der Waals surface area contributed by atoms with E-state index < -0.39 is 0 Å². The minimum Gasteiger partial charge on any atom is -0.497 e. The topological polar surface area (TPSA) is 90.3 Å². The van der Waals surface area contributed by atoms with Gasteiger partial charge in [0.05, 0.1) is 19.7 Å². The fourth-order valence-corrected chi connectivity index (χ4v) is 3.23. The molecule has 1 saturated heterocycles. The number of hydrogen-bond donors (Lipinski definition) is 2. The summed E-state index contributed by atoms with van der Waals surface area (Å²) in [5.41, 5.74) is 2.12. The average molecular weight is 379 g/mol. The Morgan fingerprint density at radius 1 is 1.25 bits per heavy atom. The number of nitrogens with zero attached hydrogens (tertiary/aromatic N) is 3. The predicted molar refractivity (Wildman–Crippen MR) is 108 cm³/mol. The van der Waals surface area contributed by atoms with Crippen LogP contribution in [0.4, 0.5) is 5.82 Å². The number of methoxy groups -OCH3 is 1. The van der Waals surface area contributed by atoms with Crippen LogP contribution in [-0.4, -0.2) is 55.1 Å². The summed E-state index contributed by atoms with van der Waals surface area (Å²) in [5, 5.41) is 15.4. The number of aromatic nitrogens is 1. The zero-order valence-corrected chi connectivity index (χ0v) is 16.0. The van der Waals surface area contributed by atoms with Crippen molar-refractivity contribution >= 4 is 11.7 Å². The number of anilines is 1. The highest BCUT2D eigenvalue weighted by atomic mass is 16.5. The number of rotatable bonds is 8. The van der Waals surface area contributed by atoms with Gasteiger partial charge in [0.1, 0.15) is 17.6 Å². The van der Waals surface area contributed by atoms with Crippen molar-refractivity contribution in [2.75, 3.05) is 38.6 Å². The monoisotopic (exact) mass is 379 g/mol. The number of carbonyl (C=O) groups is 1. The van der Waals surface area contributed by atoms with Crippen LogP contribution in [0, 0.1) is 11.3 Å². The zero-order chi connectivity index (χ0) is 19.8. The molecule has 0 saturated carbocycles. The number of nitriles is 1. The van der Waals surface area contributed by atoms with Gasteiger partial charge in [0, 0.05) is 31.4 Å². The van der Waals surface area contributed by atoms with E-state index in [2.05, 4.69) is 21.7 Å². The quantitative estimate of drug-likeness (QED) is 0.684. The molecule has 1 aromatic heterocycles. The summed E-state index contributed by atoms with van der Waals surface area (Å²) < 4.78 is 5.17. The van der Waals surface area contributed by atoms with Crippen molar-refractivity contribution in [2.24, 2.45) is 0 Å².